The molecule has 2 unspecified atom stereocenters. The second-order valence-corrected chi connectivity index (χ2v) is 6.72. The number of hydrogen-bond donors (Lipinski definition) is 1. The van der Waals surface area contributed by atoms with Crippen LogP contribution in [0.25, 0.3) is 0 Å². The zero-order valence-corrected chi connectivity index (χ0v) is 11.4. The van der Waals surface area contributed by atoms with Crippen LogP contribution in [0.4, 0.5) is 0 Å². The van der Waals surface area contributed by atoms with Gasteiger partial charge in [-0.1, -0.05) is 6.92 Å². The molecule has 0 saturated carbocycles. The lowest BCUT2D eigenvalue weighted by Crippen LogP contribution is -2.34. The summed E-state index contributed by atoms with van der Waals surface area (Å²) in [6.07, 6.45) is 2.35. The van der Waals surface area contributed by atoms with Crippen molar-refractivity contribution in [2.75, 3.05) is 6.54 Å². The quantitative estimate of drug-likeness (QED) is 0.853. The van der Waals surface area contributed by atoms with Crippen molar-refractivity contribution in [3.63, 3.8) is 0 Å². The van der Waals surface area contributed by atoms with Crippen molar-refractivity contribution >= 4 is 21.6 Å². The maximum atomic E-state index is 12.4. The predicted molar refractivity (Wildman–Crippen MR) is 65.3 cm³/mol. The Balaban J connectivity index is 2.37. The highest BCUT2D eigenvalue weighted by Crippen LogP contribution is 2.29. The van der Waals surface area contributed by atoms with Gasteiger partial charge in [-0.15, -0.1) is 11.6 Å². The molecule has 2 heterocycles. The van der Waals surface area contributed by atoms with Crippen LogP contribution in [-0.4, -0.2) is 35.5 Å². The number of alkyl halides is 1. The highest BCUT2D eigenvalue weighted by Gasteiger charge is 2.37. The Morgan fingerprint density at radius 3 is 2.82 bits per heavy atom. The van der Waals surface area contributed by atoms with Gasteiger partial charge < -0.3 is 0 Å². The van der Waals surface area contributed by atoms with Gasteiger partial charge in [-0.3, -0.25) is 5.10 Å². The molecule has 96 valence electrons. The van der Waals surface area contributed by atoms with Crippen molar-refractivity contribution in [2.45, 2.75) is 37.2 Å². The van der Waals surface area contributed by atoms with Crippen molar-refractivity contribution in [3.05, 3.63) is 11.8 Å². The summed E-state index contributed by atoms with van der Waals surface area (Å²) in [4.78, 5) is 0. The zero-order valence-electron chi connectivity index (χ0n) is 9.85. The van der Waals surface area contributed by atoms with Gasteiger partial charge in [0.25, 0.3) is 10.0 Å². The zero-order chi connectivity index (χ0) is 12.6. The minimum atomic E-state index is -3.49. The number of rotatable bonds is 3. The van der Waals surface area contributed by atoms with Gasteiger partial charge in [0.15, 0.2) is 5.03 Å². The number of H-pyrrole nitrogens is 1. The summed E-state index contributed by atoms with van der Waals surface area (Å²) in [5.74, 6) is 0.533. The molecule has 17 heavy (non-hydrogen) atoms. The Morgan fingerprint density at radius 2 is 2.29 bits per heavy atom. The summed E-state index contributed by atoms with van der Waals surface area (Å²) in [5, 5.41) is 6.44. The van der Waals surface area contributed by atoms with Crippen LogP contribution in [0.15, 0.2) is 11.2 Å². The Bertz CT molecular complexity index is 499. The molecule has 0 aromatic carbocycles. The molecule has 0 spiro atoms. The van der Waals surface area contributed by atoms with Crippen LogP contribution in [0.1, 0.15) is 25.8 Å². The molecule has 2 rings (SSSR count). The van der Waals surface area contributed by atoms with E-state index in [0.717, 1.165) is 6.42 Å². The van der Waals surface area contributed by atoms with Crippen molar-refractivity contribution in [3.8, 4) is 0 Å². The topological polar surface area (TPSA) is 66.1 Å². The van der Waals surface area contributed by atoms with E-state index in [1.807, 2.05) is 6.92 Å². The lowest BCUT2D eigenvalue weighted by Gasteiger charge is -2.20. The Labute approximate surface area is 106 Å². The molecule has 2 atom stereocenters. The van der Waals surface area contributed by atoms with Gasteiger partial charge in [0.05, 0.1) is 12.1 Å². The average Bonchev–Trinajstić information content (AvgIpc) is 2.84. The van der Waals surface area contributed by atoms with Crippen molar-refractivity contribution < 1.29 is 8.42 Å². The molecule has 5 nitrogen and oxygen atoms in total. The summed E-state index contributed by atoms with van der Waals surface area (Å²) < 4.78 is 26.4. The minimum Gasteiger partial charge on any atom is -0.266 e. The normalized spacial score (nSPS) is 26.5. The second kappa shape index (κ2) is 4.59. The molecule has 1 aliphatic heterocycles. The van der Waals surface area contributed by atoms with E-state index in [9.17, 15) is 8.42 Å². The van der Waals surface area contributed by atoms with Crippen LogP contribution in [0.3, 0.4) is 0 Å². The third kappa shape index (κ3) is 2.21. The fourth-order valence-corrected chi connectivity index (χ4v) is 4.48. The number of nitrogens with zero attached hydrogens (tertiary/aromatic N) is 2. The molecule has 0 aliphatic carbocycles. The first-order valence-electron chi connectivity index (χ1n) is 5.57. The van der Waals surface area contributed by atoms with E-state index in [4.69, 9.17) is 11.6 Å². The third-order valence-corrected chi connectivity index (χ3v) is 5.40. The first kappa shape index (κ1) is 12.9. The molecule has 1 aliphatic rings. The second-order valence-electron chi connectivity index (χ2n) is 4.62. The monoisotopic (exact) mass is 277 g/mol. The number of halogens is 1. The molecule has 0 amide bonds. The van der Waals surface area contributed by atoms with Crippen LogP contribution in [0.2, 0.25) is 0 Å². The Morgan fingerprint density at radius 1 is 1.59 bits per heavy atom. The molecule has 7 heteroatoms. The summed E-state index contributed by atoms with van der Waals surface area (Å²) in [6, 6.07) is 0.0291. The molecule has 0 bridgehead atoms. The van der Waals surface area contributed by atoms with E-state index in [1.54, 1.807) is 0 Å². The molecule has 1 aromatic rings. The van der Waals surface area contributed by atoms with E-state index in [-0.39, 0.29) is 16.9 Å². The minimum absolute atomic E-state index is 0.0291. The highest BCUT2D eigenvalue weighted by molar-refractivity contribution is 7.89. The standard InChI is InChI=1S/C10H16ClN3O2S/c1-7-3-8(2)14(6-7)17(15,16)10-9(4-11)5-12-13-10/h5,7-8H,3-4,6H2,1-2H3,(H,12,13). The fourth-order valence-electron chi connectivity index (χ4n) is 2.33. The number of nitrogens with one attached hydrogen (secondary N) is 1. The van der Waals surface area contributed by atoms with Gasteiger partial charge in [0, 0.05) is 18.2 Å². The Hall–Kier alpha value is -0.590. The number of aromatic nitrogens is 2. The van der Waals surface area contributed by atoms with Gasteiger partial charge in [-0.05, 0) is 19.3 Å². The van der Waals surface area contributed by atoms with E-state index in [1.165, 1.54) is 10.5 Å². The summed E-state index contributed by atoms with van der Waals surface area (Å²) >= 11 is 5.71. The number of sulfonamides is 1. The van der Waals surface area contributed by atoms with Gasteiger partial charge in [-0.2, -0.15) is 9.40 Å². The van der Waals surface area contributed by atoms with Crippen molar-refractivity contribution in [2.24, 2.45) is 5.92 Å². The predicted octanol–water partition coefficient (Wildman–Crippen LogP) is 1.57. The summed E-state index contributed by atoms with van der Waals surface area (Å²) in [5.41, 5.74) is 0.526. The molecule has 1 N–H and O–H groups in total. The van der Waals surface area contributed by atoms with Gasteiger partial charge in [0.2, 0.25) is 0 Å². The molecule has 1 saturated heterocycles. The number of aromatic amines is 1. The first-order chi connectivity index (χ1) is 7.96. The van der Waals surface area contributed by atoms with Gasteiger partial charge in [-0.25, -0.2) is 8.42 Å². The third-order valence-electron chi connectivity index (χ3n) is 3.12. The fraction of sp³-hybridized carbons (Fsp3) is 0.700. The van der Waals surface area contributed by atoms with Crippen LogP contribution in [0, 0.1) is 5.92 Å². The molecular weight excluding hydrogens is 262 g/mol. The summed E-state index contributed by atoms with van der Waals surface area (Å²) in [7, 11) is -3.49. The van der Waals surface area contributed by atoms with Crippen LogP contribution in [-0.2, 0) is 15.9 Å². The molecule has 0 radical (unpaired) electrons. The van der Waals surface area contributed by atoms with Crippen molar-refractivity contribution in [1.29, 1.82) is 0 Å². The average molecular weight is 278 g/mol. The lowest BCUT2D eigenvalue weighted by molar-refractivity contribution is 0.403. The van der Waals surface area contributed by atoms with Gasteiger partial charge >= 0.3 is 0 Å². The maximum Gasteiger partial charge on any atom is 0.260 e. The van der Waals surface area contributed by atoms with Crippen LogP contribution < -0.4 is 0 Å². The van der Waals surface area contributed by atoms with Crippen molar-refractivity contribution in [1.82, 2.24) is 14.5 Å². The van der Waals surface area contributed by atoms with Gasteiger partial charge in [0.1, 0.15) is 0 Å². The van der Waals surface area contributed by atoms with E-state index >= 15 is 0 Å². The molecule has 1 fully saturated rings. The van der Waals surface area contributed by atoms with E-state index in [0.29, 0.717) is 18.0 Å². The molecule has 1 aromatic heterocycles. The number of hydrogen-bond acceptors (Lipinski definition) is 3. The Kier molecular flexibility index (Phi) is 3.47. The van der Waals surface area contributed by atoms with E-state index < -0.39 is 10.0 Å². The van der Waals surface area contributed by atoms with Crippen LogP contribution in [0.5, 0.6) is 0 Å². The molecular formula is C10H16ClN3O2S. The first-order valence-corrected chi connectivity index (χ1v) is 7.54. The summed E-state index contributed by atoms with van der Waals surface area (Å²) in [6.45, 7) is 4.55. The SMILES string of the molecule is CC1CC(C)N(S(=O)(=O)c2[nH]ncc2CCl)C1. The van der Waals surface area contributed by atoms with Crippen LogP contribution >= 0.6 is 11.6 Å². The lowest BCUT2D eigenvalue weighted by atomic mass is 10.1. The van der Waals surface area contributed by atoms with E-state index in [2.05, 4.69) is 17.1 Å². The maximum absolute atomic E-state index is 12.4. The largest absolute Gasteiger partial charge is 0.266 e. The highest BCUT2D eigenvalue weighted by atomic mass is 35.5. The smallest absolute Gasteiger partial charge is 0.260 e.